The number of fused-ring (bicyclic) bond motifs is 3. The van der Waals surface area contributed by atoms with Crippen molar-refractivity contribution in [3.05, 3.63) is 167 Å². The van der Waals surface area contributed by atoms with Gasteiger partial charge in [-0.3, -0.25) is 4.98 Å². The second-order valence-electron chi connectivity index (χ2n) is 12.5. The first kappa shape index (κ1) is 27.1. The summed E-state index contributed by atoms with van der Waals surface area (Å²) in [7, 11) is 1.97. The number of aliphatic hydroxyl groups is 1. The van der Waals surface area contributed by atoms with Crippen molar-refractivity contribution in [3.63, 3.8) is 0 Å². The number of nitrogens with zero attached hydrogens (tertiary/aromatic N) is 3. The molecule has 212 valence electrons. The maximum absolute atomic E-state index is 11.9. The molecule has 1 aliphatic carbocycles. The van der Waals surface area contributed by atoms with Crippen LogP contribution in [-0.4, -0.2) is 19.6 Å². The number of aryl methyl sites for hydroxylation is 1. The zero-order valence-corrected chi connectivity index (χ0v) is 25.0. The summed E-state index contributed by atoms with van der Waals surface area (Å²) in [5, 5.41) is 11.9. The number of imidazole rings is 1. The van der Waals surface area contributed by atoms with Crippen LogP contribution in [0.4, 0.5) is 0 Å². The van der Waals surface area contributed by atoms with Crippen molar-refractivity contribution >= 4 is 0 Å². The van der Waals surface area contributed by atoms with Gasteiger partial charge in [-0.05, 0) is 50.9 Å². The first-order chi connectivity index (χ1) is 20.8. The van der Waals surface area contributed by atoms with Crippen molar-refractivity contribution in [1.29, 1.82) is 0 Å². The number of hydrogen-bond donors (Lipinski definition) is 1. The molecule has 2 aromatic heterocycles. The normalized spacial score (nSPS) is 14.3. The number of hydrogen-bond acceptors (Lipinski definition) is 3. The Bertz CT molecular complexity index is 1890. The summed E-state index contributed by atoms with van der Waals surface area (Å²) < 4.78 is 1.97. The van der Waals surface area contributed by atoms with Gasteiger partial charge >= 0.3 is 0 Å². The van der Waals surface area contributed by atoms with Crippen molar-refractivity contribution in [3.8, 4) is 22.5 Å². The van der Waals surface area contributed by atoms with Gasteiger partial charge in [-0.1, -0.05) is 130 Å². The predicted molar refractivity (Wildman–Crippen MR) is 173 cm³/mol. The maximum atomic E-state index is 11.9. The molecule has 0 fully saturated rings. The molecule has 1 N–H and O–H groups in total. The van der Waals surface area contributed by atoms with Crippen LogP contribution in [0.25, 0.3) is 22.5 Å². The first-order valence-corrected chi connectivity index (χ1v) is 14.8. The molecule has 4 aromatic carbocycles. The summed E-state index contributed by atoms with van der Waals surface area (Å²) in [6, 6.07) is 42.4. The molecule has 43 heavy (non-hydrogen) atoms. The van der Waals surface area contributed by atoms with Gasteiger partial charge in [-0.15, -0.1) is 0 Å². The van der Waals surface area contributed by atoms with Crippen molar-refractivity contribution in [2.24, 2.45) is 7.05 Å². The minimum atomic E-state index is -0.996. The fourth-order valence-electron chi connectivity index (χ4n) is 6.60. The topological polar surface area (TPSA) is 50.9 Å². The molecule has 1 atom stereocenters. The molecule has 0 radical (unpaired) electrons. The van der Waals surface area contributed by atoms with Crippen LogP contribution in [0.3, 0.4) is 0 Å². The molecule has 6 aromatic rings. The molecular weight excluding hydrogens is 526 g/mol. The van der Waals surface area contributed by atoms with E-state index in [1.807, 2.05) is 48.1 Å². The standard InChI is InChI=1S/C39H35N3O/c1-38(2,3)28-23-33(36(43)34-25-42(4)37(41-34)26-15-7-5-8-16-26)40-35(24-28)39(27-17-9-6-10-18-27)31-21-13-11-19-29(31)30-20-12-14-22-32(30)39/h5-25,36,43H,1-4H3. The van der Waals surface area contributed by atoms with E-state index in [4.69, 9.17) is 9.97 Å². The lowest BCUT2D eigenvalue weighted by molar-refractivity contribution is 0.210. The molecule has 4 nitrogen and oxygen atoms in total. The molecule has 7 rings (SSSR count). The van der Waals surface area contributed by atoms with E-state index in [9.17, 15) is 5.11 Å². The fourth-order valence-corrected chi connectivity index (χ4v) is 6.60. The van der Waals surface area contributed by atoms with Crippen LogP contribution >= 0.6 is 0 Å². The summed E-state index contributed by atoms with van der Waals surface area (Å²) >= 11 is 0. The first-order valence-electron chi connectivity index (χ1n) is 14.8. The number of benzene rings is 4. The van der Waals surface area contributed by atoms with Gasteiger partial charge in [0.25, 0.3) is 0 Å². The average Bonchev–Trinajstić information content (AvgIpc) is 3.57. The quantitative estimate of drug-likeness (QED) is 0.230. The third-order valence-corrected chi connectivity index (χ3v) is 8.74. The molecule has 0 amide bonds. The van der Waals surface area contributed by atoms with Gasteiger partial charge in [-0.25, -0.2) is 4.98 Å². The van der Waals surface area contributed by atoms with E-state index in [0.29, 0.717) is 11.4 Å². The monoisotopic (exact) mass is 561 g/mol. The van der Waals surface area contributed by atoms with Gasteiger partial charge in [0, 0.05) is 18.8 Å². The number of rotatable bonds is 5. The summed E-state index contributed by atoms with van der Waals surface area (Å²) in [6.45, 7) is 6.63. The van der Waals surface area contributed by atoms with Crippen molar-refractivity contribution < 1.29 is 5.11 Å². The minimum absolute atomic E-state index is 0.180. The Morgan fingerprint density at radius 3 is 1.84 bits per heavy atom. The van der Waals surface area contributed by atoms with Gasteiger partial charge < -0.3 is 9.67 Å². The predicted octanol–water partition coefficient (Wildman–Crippen LogP) is 8.22. The van der Waals surface area contributed by atoms with Crippen LogP contribution in [-0.2, 0) is 17.9 Å². The van der Waals surface area contributed by atoms with Gasteiger partial charge in [0.15, 0.2) is 0 Å². The van der Waals surface area contributed by atoms with Gasteiger partial charge in [0.2, 0.25) is 0 Å². The van der Waals surface area contributed by atoms with E-state index in [1.165, 1.54) is 22.3 Å². The summed E-state index contributed by atoms with van der Waals surface area (Å²) in [4.78, 5) is 10.3. The maximum Gasteiger partial charge on any atom is 0.140 e. The second kappa shape index (κ2) is 10.2. The van der Waals surface area contributed by atoms with Gasteiger partial charge in [0.05, 0.1) is 22.5 Å². The van der Waals surface area contributed by atoms with E-state index in [0.717, 1.165) is 28.2 Å². The average molecular weight is 562 g/mol. The highest BCUT2D eigenvalue weighted by Crippen LogP contribution is 2.56. The Balaban J connectivity index is 1.49. The lowest BCUT2D eigenvalue weighted by Crippen LogP contribution is -2.31. The van der Waals surface area contributed by atoms with Gasteiger partial charge in [0.1, 0.15) is 11.9 Å². The highest BCUT2D eigenvalue weighted by atomic mass is 16.3. The van der Waals surface area contributed by atoms with Crippen LogP contribution < -0.4 is 0 Å². The summed E-state index contributed by atoms with van der Waals surface area (Å²) in [5.41, 5.74) is 9.33. The summed E-state index contributed by atoms with van der Waals surface area (Å²) in [5.74, 6) is 0.807. The molecule has 1 aliphatic rings. The Morgan fingerprint density at radius 2 is 1.23 bits per heavy atom. The van der Waals surface area contributed by atoms with Crippen LogP contribution in [0.2, 0.25) is 0 Å². The third-order valence-electron chi connectivity index (χ3n) is 8.74. The lowest BCUT2D eigenvalue weighted by Gasteiger charge is -2.34. The fraction of sp³-hybridized carbons (Fsp3) is 0.179. The smallest absolute Gasteiger partial charge is 0.140 e. The lowest BCUT2D eigenvalue weighted by atomic mass is 9.69. The van der Waals surface area contributed by atoms with E-state index in [1.54, 1.807) is 0 Å². The molecule has 0 saturated carbocycles. The molecular formula is C39H35N3O. The van der Waals surface area contributed by atoms with Crippen LogP contribution in [0.1, 0.15) is 66.2 Å². The number of aliphatic hydroxyl groups excluding tert-OH is 1. The largest absolute Gasteiger partial charge is 0.380 e. The van der Waals surface area contributed by atoms with Crippen LogP contribution in [0.5, 0.6) is 0 Å². The van der Waals surface area contributed by atoms with Crippen molar-refractivity contribution in [1.82, 2.24) is 14.5 Å². The molecule has 1 unspecified atom stereocenters. The van der Waals surface area contributed by atoms with Crippen LogP contribution in [0, 0.1) is 0 Å². The van der Waals surface area contributed by atoms with E-state index >= 15 is 0 Å². The SMILES string of the molecule is Cn1cc(C(O)c2cc(C(C)(C)C)cc(C3(c4ccccc4)c4ccccc4-c4ccccc43)n2)nc1-c1ccccc1. The highest BCUT2D eigenvalue weighted by Gasteiger charge is 2.47. The molecule has 0 aliphatic heterocycles. The Morgan fingerprint density at radius 1 is 0.674 bits per heavy atom. The molecule has 0 spiro atoms. The van der Waals surface area contributed by atoms with Crippen molar-refractivity contribution in [2.75, 3.05) is 0 Å². The number of pyridine rings is 1. The van der Waals surface area contributed by atoms with E-state index in [2.05, 4.69) is 112 Å². The second-order valence-corrected chi connectivity index (χ2v) is 12.5. The number of aromatic nitrogens is 3. The van der Waals surface area contributed by atoms with E-state index in [-0.39, 0.29) is 5.41 Å². The molecule has 4 heteroatoms. The van der Waals surface area contributed by atoms with Gasteiger partial charge in [-0.2, -0.15) is 0 Å². The summed E-state index contributed by atoms with van der Waals surface area (Å²) in [6.07, 6.45) is 0.912. The Kier molecular flexibility index (Phi) is 6.41. The minimum Gasteiger partial charge on any atom is -0.380 e. The zero-order chi connectivity index (χ0) is 29.8. The zero-order valence-electron chi connectivity index (χ0n) is 25.0. The highest BCUT2D eigenvalue weighted by molar-refractivity contribution is 5.85. The van der Waals surface area contributed by atoms with Crippen LogP contribution in [0.15, 0.2) is 128 Å². The molecule has 0 bridgehead atoms. The molecule has 0 saturated heterocycles. The van der Waals surface area contributed by atoms with Crippen molar-refractivity contribution in [2.45, 2.75) is 37.7 Å². The Hall–Kier alpha value is -4.80. The molecule has 2 heterocycles. The van der Waals surface area contributed by atoms with E-state index < -0.39 is 11.5 Å². The third kappa shape index (κ3) is 4.33. The Labute approximate surface area is 253 Å².